The van der Waals surface area contributed by atoms with Crippen LogP contribution in [0.15, 0.2) is 22.9 Å². The van der Waals surface area contributed by atoms with Crippen LogP contribution in [0.1, 0.15) is 25.8 Å². The zero-order chi connectivity index (χ0) is 10.8. The molecule has 14 heavy (non-hydrogen) atoms. The molecular weight excluding hydrogens is 246 g/mol. The van der Waals surface area contributed by atoms with Crippen molar-refractivity contribution < 1.29 is 9.90 Å². The molecule has 0 bridgehead atoms. The summed E-state index contributed by atoms with van der Waals surface area (Å²) >= 11 is 3.37. The highest BCUT2D eigenvalue weighted by molar-refractivity contribution is 9.10. The summed E-state index contributed by atoms with van der Waals surface area (Å²) in [5.74, 6) is -0.793. The van der Waals surface area contributed by atoms with Crippen LogP contribution in [0.5, 0.6) is 0 Å². The fraction of sp³-hybridized carbons (Fsp3) is 0.400. The molecule has 0 atom stereocenters. The summed E-state index contributed by atoms with van der Waals surface area (Å²) in [5, 5.41) is 8.77. The second-order valence-electron chi connectivity index (χ2n) is 3.81. The SMILES string of the molecule is CC(C)(CC(=O)O)c1ccncc1Br. The van der Waals surface area contributed by atoms with Crippen LogP contribution in [0.3, 0.4) is 0 Å². The molecule has 0 aromatic carbocycles. The number of rotatable bonds is 3. The van der Waals surface area contributed by atoms with Crippen molar-refractivity contribution in [1.82, 2.24) is 4.98 Å². The molecule has 0 unspecified atom stereocenters. The van der Waals surface area contributed by atoms with Crippen LogP contribution < -0.4 is 0 Å². The zero-order valence-corrected chi connectivity index (χ0v) is 9.71. The van der Waals surface area contributed by atoms with Gasteiger partial charge in [0.1, 0.15) is 0 Å². The second kappa shape index (κ2) is 4.09. The molecule has 0 spiro atoms. The molecule has 1 heterocycles. The molecule has 0 fully saturated rings. The molecule has 0 aliphatic carbocycles. The Bertz CT molecular complexity index is 350. The summed E-state index contributed by atoms with van der Waals surface area (Å²) in [6.07, 6.45) is 3.46. The number of halogens is 1. The van der Waals surface area contributed by atoms with Crippen LogP contribution in [-0.4, -0.2) is 16.1 Å². The number of carbonyl (C=O) groups is 1. The van der Waals surface area contributed by atoms with Gasteiger partial charge in [0.15, 0.2) is 0 Å². The number of hydrogen-bond acceptors (Lipinski definition) is 2. The van der Waals surface area contributed by atoms with Gasteiger partial charge in [0.2, 0.25) is 0 Å². The Labute approximate surface area is 91.3 Å². The fourth-order valence-corrected chi connectivity index (χ4v) is 2.18. The van der Waals surface area contributed by atoms with Gasteiger partial charge in [-0.25, -0.2) is 0 Å². The van der Waals surface area contributed by atoms with Gasteiger partial charge < -0.3 is 5.11 Å². The summed E-state index contributed by atoms with van der Waals surface area (Å²) in [6, 6.07) is 1.84. The van der Waals surface area contributed by atoms with Crippen molar-refractivity contribution in [2.75, 3.05) is 0 Å². The van der Waals surface area contributed by atoms with Gasteiger partial charge in [-0.3, -0.25) is 9.78 Å². The Morgan fingerprint density at radius 2 is 2.29 bits per heavy atom. The van der Waals surface area contributed by atoms with Crippen LogP contribution in [0, 0.1) is 0 Å². The first-order chi connectivity index (χ1) is 6.43. The van der Waals surface area contributed by atoms with Gasteiger partial charge in [0.05, 0.1) is 6.42 Å². The van der Waals surface area contributed by atoms with Crippen LogP contribution >= 0.6 is 15.9 Å². The predicted octanol–water partition coefficient (Wildman–Crippen LogP) is 2.60. The van der Waals surface area contributed by atoms with E-state index < -0.39 is 5.97 Å². The number of pyridine rings is 1. The number of carboxylic acid groups (broad SMARTS) is 1. The van der Waals surface area contributed by atoms with Crippen LogP contribution in [0.4, 0.5) is 0 Å². The van der Waals surface area contributed by atoms with E-state index in [1.54, 1.807) is 12.4 Å². The third-order valence-corrected chi connectivity index (χ3v) is 2.73. The van der Waals surface area contributed by atoms with Crippen LogP contribution in [0.25, 0.3) is 0 Å². The molecular formula is C10H12BrNO2. The first-order valence-corrected chi connectivity index (χ1v) is 5.04. The van der Waals surface area contributed by atoms with Gasteiger partial charge in [0.25, 0.3) is 0 Å². The summed E-state index contributed by atoms with van der Waals surface area (Å²) in [5.41, 5.74) is 0.586. The summed E-state index contributed by atoms with van der Waals surface area (Å²) in [6.45, 7) is 3.81. The molecule has 0 radical (unpaired) electrons. The lowest BCUT2D eigenvalue weighted by atomic mass is 9.82. The first kappa shape index (κ1) is 11.2. The van der Waals surface area contributed by atoms with E-state index in [0.29, 0.717) is 0 Å². The Kier molecular flexibility index (Phi) is 3.26. The maximum absolute atomic E-state index is 10.7. The molecule has 4 heteroatoms. The Morgan fingerprint density at radius 1 is 1.64 bits per heavy atom. The van der Waals surface area contributed by atoms with Gasteiger partial charge in [-0.2, -0.15) is 0 Å². The highest BCUT2D eigenvalue weighted by atomic mass is 79.9. The van der Waals surface area contributed by atoms with E-state index in [4.69, 9.17) is 5.11 Å². The van der Waals surface area contributed by atoms with Crippen molar-refractivity contribution >= 4 is 21.9 Å². The van der Waals surface area contributed by atoms with Crippen LogP contribution in [0.2, 0.25) is 0 Å². The van der Waals surface area contributed by atoms with Crippen molar-refractivity contribution in [3.8, 4) is 0 Å². The monoisotopic (exact) mass is 257 g/mol. The Balaban J connectivity index is 3.03. The molecule has 1 aromatic heterocycles. The largest absolute Gasteiger partial charge is 0.481 e. The molecule has 76 valence electrons. The normalized spacial score (nSPS) is 11.4. The highest BCUT2D eigenvalue weighted by Crippen LogP contribution is 2.31. The minimum atomic E-state index is -0.793. The standard InChI is InChI=1S/C10H12BrNO2/c1-10(2,5-9(13)14)7-3-4-12-6-8(7)11/h3-4,6H,5H2,1-2H3,(H,13,14). The third-order valence-electron chi connectivity index (χ3n) is 2.09. The van der Waals surface area contributed by atoms with Crippen molar-refractivity contribution in [3.05, 3.63) is 28.5 Å². The van der Waals surface area contributed by atoms with Gasteiger partial charge in [-0.1, -0.05) is 13.8 Å². The molecule has 1 aromatic rings. The van der Waals surface area contributed by atoms with Crippen molar-refractivity contribution in [2.45, 2.75) is 25.7 Å². The predicted molar refractivity (Wildman–Crippen MR) is 57.2 cm³/mol. The maximum Gasteiger partial charge on any atom is 0.304 e. The minimum absolute atomic E-state index is 0.107. The van der Waals surface area contributed by atoms with E-state index in [9.17, 15) is 4.79 Å². The molecule has 0 saturated carbocycles. The topological polar surface area (TPSA) is 50.2 Å². The molecule has 0 saturated heterocycles. The Morgan fingerprint density at radius 3 is 2.79 bits per heavy atom. The summed E-state index contributed by atoms with van der Waals surface area (Å²) in [7, 11) is 0. The van der Waals surface area contributed by atoms with Gasteiger partial charge >= 0.3 is 5.97 Å². The second-order valence-corrected chi connectivity index (χ2v) is 4.66. The van der Waals surface area contributed by atoms with Crippen molar-refractivity contribution in [2.24, 2.45) is 0 Å². The van der Waals surface area contributed by atoms with Gasteiger partial charge in [-0.15, -0.1) is 0 Å². The minimum Gasteiger partial charge on any atom is -0.481 e. The molecule has 1 rings (SSSR count). The van der Waals surface area contributed by atoms with Gasteiger partial charge in [-0.05, 0) is 27.6 Å². The number of nitrogens with zero attached hydrogens (tertiary/aromatic N) is 1. The molecule has 0 aliphatic heterocycles. The number of hydrogen-bond donors (Lipinski definition) is 1. The molecule has 1 N–H and O–H groups in total. The third kappa shape index (κ3) is 2.54. The summed E-state index contributed by atoms with van der Waals surface area (Å²) < 4.78 is 0.853. The maximum atomic E-state index is 10.7. The van der Waals surface area contributed by atoms with E-state index in [0.717, 1.165) is 10.0 Å². The Hall–Kier alpha value is -0.900. The lowest BCUT2D eigenvalue weighted by molar-refractivity contribution is -0.138. The fourth-order valence-electron chi connectivity index (χ4n) is 1.40. The van der Waals surface area contributed by atoms with E-state index in [2.05, 4.69) is 20.9 Å². The number of aliphatic carboxylic acids is 1. The van der Waals surface area contributed by atoms with Crippen LogP contribution in [-0.2, 0) is 10.2 Å². The van der Waals surface area contributed by atoms with Gasteiger partial charge in [0, 0.05) is 22.3 Å². The average Bonchev–Trinajstić information content (AvgIpc) is 2.02. The van der Waals surface area contributed by atoms with Crippen molar-refractivity contribution in [3.63, 3.8) is 0 Å². The van der Waals surface area contributed by atoms with E-state index in [1.165, 1.54) is 0 Å². The van der Waals surface area contributed by atoms with E-state index in [1.807, 2.05) is 19.9 Å². The molecule has 0 aliphatic rings. The average molecular weight is 258 g/mol. The molecule has 0 amide bonds. The first-order valence-electron chi connectivity index (χ1n) is 4.25. The smallest absolute Gasteiger partial charge is 0.304 e. The lowest BCUT2D eigenvalue weighted by Crippen LogP contribution is -2.22. The lowest BCUT2D eigenvalue weighted by Gasteiger charge is -2.23. The quantitative estimate of drug-likeness (QED) is 0.906. The molecule has 3 nitrogen and oxygen atoms in total. The number of carboxylic acids is 1. The van der Waals surface area contributed by atoms with E-state index >= 15 is 0 Å². The highest BCUT2D eigenvalue weighted by Gasteiger charge is 2.25. The van der Waals surface area contributed by atoms with E-state index in [-0.39, 0.29) is 11.8 Å². The summed E-state index contributed by atoms with van der Waals surface area (Å²) in [4.78, 5) is 14.6. The van der Waals surface area contributed by atoms with Crippen molar-refractivity contribution in [1.29, 1.82) is 0 Å². The number of aromatic nitrogens is 1. The zero-order valence-electron chi connectivity index (χ0n) is 8.12.